The number of hydrogen-bond donors (Lipinski definition) is 2. The van der Waals surface area contributed by atoms with Crippen molar-refractivity contribution in [3.63, 3.8) is 0 Å². The number of aryl methyl sites for hydroxylation is 1. The van der Waals surface area contributed by atoms with Crippen molar-refractivity contribution in [3.8, 4) is 11.3 Å². The SMILES string of the molecule is C=CNCC(C)NC(=O)Cn1c(CCCCC)nc(-c2ccc(Cl)cc2)cc1=O. The van der Waals surface area contributed by atoms with Crippen LogP contribution in [0.1, 0.15) is 38.9 Å². The normalized spacial score (nSPS) is 11.7. The second-order valence-electron chi connectivity index (χ2n) is 7.03. The van der Waals surface area contributed by atoms with Gasteiger partial charge in [0, 0.05) is 35.7 Å². The fourth-order valence-corrected chi connectivity index (χ4v) is 3.12. The van der Waals surface area contributed by atoms with Gasteiger partial charge < -0.3 is 10.6 Å². The molecule has 1 unspecified atom stereocenters. The number of nitrogens with one attached hydrogen (secondary N) is 2. The summed E-state index contributed by atoms with van der Waals surface area (Å²) in [6, 6.07) is 8.61. The van der Waals surface area contributed by atoms with Crippen molar-refractivity contribution < 1.29 is 4.79 Å². The topological polar surface area (TPSA) is 76.0 Å². The molecular formula is C22H29ClN4O2. The van der Waals surface area contributed by atoms with Crippen LogP contribution in [0.5, 0.6) is 0 Å². The Bertz CT molecular complexity index is 877. The lowest BCUT2D eigenvalue weighted by molar-refractivity contribution is -0.122. The van der Waals surface area contributed by atoms with Gasteiger partial charge in [-0.1, -0.05) is 50.1 Å². The molecule has 0 saturated carbocycles. The molecule has 29 heavy (non-hydrogen) atoms. The molecule has 0 spiro atoms. The number of hydrogen-bond acceptors (Lipinski definition) is 4. The monoisotopic (exact) mass is 416 g/mol. The van der Waals surface area contributed by atoms with Gasteiger partial charge in [-0.25, -0.2) is 4.98 Å². The summed E-state index contributed by atoms with van der Waals surface area (Å²) in [5, 5.41) is 6.48. The smallest absolute Gasteiger partial charge is 0.254 e. The standard InChI is InChI=1S/C22H29ClN4O2/c1-4-6-7-8-20-26-19(17-9-11-18(23)12-10-17)13-22(29)27(20)15-21(28)25-16(3)14-24-5-2/h5,9-13,16,24H,2,4,6-8,14-15H2,1,3H3,(H,25,28). The Morgan fingerprint density at radius 1 is 1.31 bits per heavy atom. The van der Waals surface area contributed by atoms with E-state index in [0.717, 1.165) is 24.8 Å². The number of carbonyl (C=O) groups excluding carboxylic acids is 1. The van der Waals surface area contributed by atoms with Gasteiger partial charge in [0.1, 0.15) is 12.4 Å². The Labute approximate surface area is 177 Å². The van der Waals surface area contributed by atoms with Crippen LogP contribution in [-0.4, -0.2) is 28.0 Å². The first-order valence-electron chi connectivity index (χ1n) is 9.95. The number of aromatic nitrogens is 2. The highest BCUT2D eigenvalue weighted by Gasteiger charge is 2.14. The summed E-state index contributed by atoms with van der Waals surface area (Å²) in [7, 11) is 0. The maximum Gasteiger partial charge on any atom is 0.254 e. The van der Waals surface area contributed by atoms with Crippen molar-refractivity contribution in [2.45, 2.75) is 52.1 Å². The van der Waals surface area contributed by atoms with Crippen LogP contribution >= 0.6 is 11.6 Å². The Morgan fingerprint density at radius 2 is 2.03 bits per heavy atom. The summed E-state index contributed by atoms with van der Waals surface area (Å²) in [6.07, 6.45) is 5.24. The molecule has 156 valence electrons. The molecular weight excluding hydrogens is 388 g/mol. The predicted molar refractivity (Wildman–Crippen MR) is 118 cm³/mol. The lowest BCUT2D eigenvalue weighted by Crippen LogP contribution is -2.42. The molecule has 0 aliphatic rings. The minimum absolute atomic E-state index is 0.0490. The van der Waals surface area contributed by atoms with Crippen LogP contribution in [0.2, 0.25) is 5.02 Å². The Hall–Kier alpha value is -2.60. The number of amides is 1. The van der Waals surface area contributed by atoms with Gasteiger partial charge in [-0.15, -0.1) is 0 Å². The van der Waals surface area contributed by atoms with Crippen LogP contribution in [0.25, 0.3) is 11.3 Å². The minimum Gasteiger partial charge on any atom is -0.389 e. The van der Waals surface area contributed by atoms with Gasteiger partial charge in [-0.3, -0.25) is 14.2 Å². The van der Waals surface area contributed by atoms with E-state index >= 15 is 0 Å². The van der Waals surface area contributed by atoms with Crippen LogP contribution < -0.4 is 16.2 Å². The molecule has 0 aliphatic carbocycles. The van der Waals surface area contributed by atoms with Crippen molar-refractivity contribution in [2.24, 2.45) is 0 Å². The summed E-state index contributed by atoms with van der Waals surface area (Å²) in [6.45, 7) is 8.12. The lowest BCUT2D eigenvalue weighted by Gasteiger charge is -2.17. The van der Waals surface area contributed by atoms with E-state index in [1.54, 1.807) is 18.3 Å². The van der Waals surface area contributed by atoms with Crippen LogP contribution in [0.4, 0.5) is 0 Å². The molecule has 2 aromatic rings. The van der Waals surface area contributed by atoms with Crippen molar-refractivity contribution >= 4 is 17.5 Å². The summed E-state index contributed by atoms with van der Waals surface area (Å²) in [5.41, 5.74) is 1.19. The Balaban J connectivity index is 2.27. The van der Waals surface area contributed by atoms with Crippen molar-refractivity contribution in [1.82, 2.24) is 20.2 Å². The quantitative estimate of drug-likeness (QED) is 0.549. The molecule has 1 atom stereocenters. The average molecular weight is 417 g/mol. The lowest BCUT2D eigenvalue weighted by atomic mass is 10.1. The summed E-state index contributed by atoms with van der Waals surface area (Å²) < 4.78 is 1.47. The second-order valence-corrected chi connectivity index (χ2v) is 7.46. The molecule has 2 rings (SSSR count). The average Bonchev–Trinajstić information content (AvgIpc) is 2.69. The zero-order chi connectivity index (χ0) is 21.2. The van der Waals surface area contributed by atoms with Gasteiger partial charge in [0.05, 0.1) is 5.69 Å². The highest BCUT2D eigenvalue weighted by Crippen LogP contribution is 2.19. The van der Waals surface area contributed by atoms with Crippen LogP contribution in [-0.2, 0) is 17.8 Å². The fraction of sp³-hybridized carbons (Fsp3) is 0.409. The van der Waals surface area contributed by atoms with Crippen LogP contribution in [0.15, 0.2) is 47.9 Å². The number of unbranched alkanes of at least 4 members (excludes halogenated alkanes) is 2. The van der Waals surface area contributed by atoms with E-state index in [4.69, 9.17) is 16.6 Å². The molecule has 1 aromatic heterocycles. The molecule has 0 aliphatic heterocycles. The third-order valence-corrected chi connectivity index (χ3v) is 4.76. The molecule has 1 amide bonds. The van der Waals surface area contributed by atoms with Gasteiger partial charge in [0.25, 0.3) is 5.56 Å². The highest BCUT2D eigenvalue weighted by molar-refractivity contribution is 6.30. The number of carbonyl (C=O) groups is 1. The van der Waals surface area contributed by atoms with Gasteiger partial charge in [0.15, 0.2) is 0 Å². The summed E-state index contributed by atoms with van der Waals surface area (Å²) in [4.78, 5) is 30.0. The minimum atomic E-state index is -0.233. The van der Waals surface area contributed by atoms with E-state index in [1.165, 1.54) is 10.6 Å². The van der Waals surface area contributed by atoms with E-state index in [1.807, 2.05) is 19.1 Å². The van der Waals surface area contributed by atoms with Crippen LogP contribution in [0, 0.1) is 0 Å². The first-order valence-corrected chi connectivity index (χ1v) is 10.3. The molecule has 6 nitrogen and oxygen atoms in total. The van der Waals surface area contributed by atoms with Crippen molar-refractivity contribution in [3.05, 3.63) is 64.3 Å². The highest BCUT2D eigenvalue weighted by atomic mass is 35.5. The number of rotatable bonds is 11. The maximum atomic E-state index is 12.8. The largest absolute Gasteiger partial charge is 0.389 e. The fourth-order valence-electron chi connectivity index (χ4n) is 2.99. The van der Waals surface area contributed by atoms with Crippen LogP contribution in [0.3, 0.4) is 0 Å². The first kappa shape index (κ1) is 22.7. The third-order valence-electron chi connectivity index (χ3n) is 4.51. The third kappa shape index (κ3) is 7.06. The summed E-state index contributed by atoms with van der Waals surface area (Å²) in [5.74, 6) is 0.408. The van der Waals surface area contributed by atoms with Crippen molar-refractivity contribution in [1.29, 1.82) is 0 Å². The second kappa shape index (κ2) is 11.4. The maximum absolute atomic E-state index is 12.8. The van der Waals surface area contributed by atoms with E-state index < -0.39 is 0 Å². The van der Waals surface area contributed by atoms with E-state index in [-0.39, 0.29) is 24.1 Å². The summed E-state index contributed by atoms with van der Waals surface area (Å²) >= 11 is 5.96. The van der Waals surface area contributed by atoms with Gasteiger partial charge in [0.2, 0.25) is 5.91 Å². The zero-order valence-corrected chi connectivity index (χ0v) is 17.8. The molecule has 0 radical (unpaired) electrons. The Morgan fingerprint density at radius 3 is 2.69 bits per heavy atom. The van der Waals surface area contributed by atoms with Gasteiger partial charge in [-0.05, 0) is 31.7 Å². The van der Waals surface area contributed by atoms with Crippen molar-refractivity contribution in [2.75, 3.05) is 6.54 Å². The number of nitrogens with zero attached hydrogens (tertiary/aromatic N) is 2. The molecule has 2 N–H and O–H groups in total. The zero-order valence-electron chi connectivity index (χ0n) is 17.1. The van der Waals surface area contributed by atoms with Gasteiger partial charge >= 0.3 is 0 Å². The predicted octanol–water partition coefficient (Wildman–Crippen LogP) is 3.53. The number of halogens is 1. The van der Waals surface area contributed by atoms with Gasteiger partial charge in [-0.2, -0.15) is 0 Å². The Kier molecular flexibility index (Phi) is 8.93. The van der Waals surface area contributed by atoms with E-state index in [9.17, 15) is 9.59 Å². The molecule has 0 fully saturated rings. The molecule has 7 heteroatoms. The van der Waals surface area contributed by atoms with E-state index in [0.29, 0.717) is 29.5 Å². The molecule has 1 heterocycles. The van der Waals surface area contributed by atoms with E-state index in [2.05, 4.69) is 24.1 Å². The number of benzene rings is 1. The molecule has 0 saturated heterocycles. The molecule has 0 bridgehead atoms. The first-order chi connectivity index (χ1) is 13.9. The molecule has 1 aromatic carbocycles.